The van der Waals surface area contributed by atoms with E-state index in [-0.39, 0.29) is 0 Å². The monoisotopic (exact) mass is 282 g/mol. The summed E-state index contributed by atoms with van der Waals surface area (Å²) in [6.45, 7) is 0. The van der Waals surface area contributed by atoms with Crippen molar-refractivity contribution in [3.05, 3.63) is 84.4 Å². The maximum Gasteiger partial charge on any atom is 0.151 e. The maximum atomic E-state index is 11.7. The molecule has 0 amide bonds. The number of carbonyl (C=O) groups is 1. The molecule has 0 N–H and O–H groups in total. The molecule has 0 saturated heterocycles. The lowest BCUT2D eigenvalue weighted by Crippen LogP contribution is -1.88. The van der Waals surface area contributed by atoms with Crippen LogP contribution in [-0.4, -0.2) is 6.29 Å². The van der Waals surface area contributed by atoms with Crippen LogP contribution < -0.4 is 0 Å². The quantitative estimate of drug-likeness (QED) is 0.352. The van der Waals surface area contributed by atoms with Gasteiger partial charge in [-0.3, -0.25) is 4.79 Å². The van der Waals surface area contributed by atoms with Crippen molar-refractivity contribution in [2.45, 2.75) is 0 Å². The first-order valence-corrected chi connectivity index (χ1v) is 7.33. The molecule has 104 valence electrons. The van der Waals surface area contributed by atoms with Crippen LogP contribution in [-0.2, 0) is 0 Å². The van der Waals surface area contributed by atoms with Gasteiger partial charge in [0.05, 0.1) is 0 Å². The van der Waals surface area contributed by atoms with E-state index < -0.39 is 0 Å². The molecule has 0 fully saturated rings. The second-order valence-corrected chi connectivity index (χ2v) is 5.43. The van der Waals surface area contributed by atoms with Crippen LogP contribution in [0.3, 0.4) is 0 Å². The summed E-state index contributed by atoms with van der Waals surface area (Å²) >= 11 is 0. The van der Waals surface area contributed by atoms with E-state index in [1.807, 2.05) is 42.5 Å². The van der Waals surface area contributed by atoms with Crippen LogP contribution in [0.2, 0.25) is 0 Å². The van der Waals surface area contributed by atoms with E-state index in [1.165, 1.54) is 0 Å². The highest BCUT2D eigenvalue weighted by molar-refractivity contribution is 6.13. The predicted molar refractivity (Wildman–Crippen MR) is 92.3 cm³/mol. The summed E-state index contributed by atoms with van der Waals surface area (Å²) < 4.78 is 0. The first kappa shape index (κ1) is 12.8. The largest absolute Gasteiger partial charge is 0.298 e. The smallest absolute Gasteiger partial charge is 0.151 e. The number of hydrogen-bond acceptors (Lipinski definition) is 1. The van der Waals surface area contributed by atoms with Gasteiger partial charge in [0.15, 0.2) is 6.29 Å². The molecule has 0 spiro atoms. The Balaban J connectivity index is 2.07. The van der Waals surface area contributed by atoms with Crippen molar-refractivity contribution in [3.63, 3.8) is 0 Å². The highest BCUT2D eigenvalue weighted by Gasteiger charge is 2.08. The van der Waals surface area contributed by atoms with E-state index in [0.717, 1.165) is 44.5 Å². The van der Waals surface area contributed by atoms with Crippen LogP contribution in [0.4, 0.5) is 0 Å². The second-order valence-electron chi connectivity index (χ2n) is 5.43. The molecule has 0 aliphatic carbocycles. The van der Waals surface area contributed by atoms with Gasteiger partial charge in [-0.15, -0.1) is 0 Å². The van der Waals surface area contributed by atoms with Crippen LogP contribution in [0.15, 0.2) is 78.9 Å². The van der Waals surface area contributed by atoms with Gasteiger partial charge in [0, 0.05) is 5.56 Å². The summed E-state index contributed by atoms with van der Waals surface area (Å²) in [4.78, 5) is 11.7. The Morgan fingerprint density at radius 2 is 1.32 bits per heavy atom. The highest BCUT2D eigenvalue weighted by atomic mass is 16.1. The van der Waals surface area contributed by atoms with Gasteiger partial charge >= 0.3 is 0 Å². The predicted octanol–water partition coefficient (Wildman–Crippen LogP) is 5.47. The molecule has 4 aromatic rings. The molecule has 0 unspecified atom stereocenters. The van der Waals surface area contributed by atoms with Crippen LogP contribution >= 0.6 is 0 Å². The van der Waals surface area contributed by atoms with Gasteiger partial charge < -0.3 is 0 Å². The van der Waals surface area contributed by atoms with E-state index in [4.69, 9.17) is 0 Å². The molecular weight excluding hydrogens is 268 g/mol. The molecule has 1 nitrogen and oxygen atoms in total. The maximum absolute atomic E-state index is 11.7. The Morgan fingerprint density at radius 3 is 2.14 bits per heavy atom. The lowest BCUT2D eigenvalue weighted by Gasteiger charge is -2.09. The number of benzene rings is 4. The fraction of sp³-hybridized carbons (Fsp3) is 0. The number of rotatable bonds is 2. The third kappa shape index (κ3) is 1.99. The number of hydrogen-bond donors (Lipinski definition) is 0. The SMILES string of the molecule is O=Cc1c2ccccc2cc2ccc(-c3ccccc3)cc12. The summed E-state index contributed by atoms with van der Waals surface area (Å²) in [5.74, 6) is 0. The van der Waals surface area contributed by atoms with Crippen LogP contribution in [0.5, 0.6) is 0 Å². The molecule has 0 saturated carbocycles. The Morgan fingerprint density at radius 1 is 0.591 bits per heavy atom. The van der Waals surface area contributed by atoms with E-state index >= 15 is 0 Å². The minimum absolute atomic E-state index is 0.769. The minimum Gasteiger partial charge on any atom is -0.298 e. The summed E-state index contributed by atoms with van der Waals surface area (Å²) in [5.41, 5.74) is 3.06. The van der Waals surface area contributed by atoms with E-state index in [1.54, 1.807) is 0 Å². The molecule has 0 aliphatic heterocycles. The summed E-state index contributed by atoms with van der Waals surface area (Å²) in [7, 11) is 0. The van der Waals surface area contributed by atoms with Crippen LogP contribution in [0.1, 0.15) is 10.4 Å². The van der Waals surface area contributed by atoms with Gasteiger partial charge in [-0.25, -0.2) is 0 Å². The summed E-state index contributed by atoms with van der Waals surface area (Å²) in [6, 6.07) is 26.7. The number of carbonyl (C=O) groups excluding carboxylic acids is 1. The van der Waals surface area contributed by atoms with Gasteiger partial charge in [-0.05, 0) is 44.8 Å². The molecule has 0 aliphatic rings. The zero-order chi connectivity index (χ0) is 14.9. The molecule has 0 radical (unpaired) electrons. The molecule has 22 heavy (non-hydrogen) atoms. The Kier molecular flexibility index (Phi) is 2.97. The van der Waals surface area contributed by atoms with Gasteiger partial charge in [0.25, 0.3) is 0 Å². The zero-order valence-corrected chi connectivity index (χ0v) is 12.0. The lowest BCUT2D eigenvalue weighted by molar-refractivity contribution is 0.112. The molecular formula is C21H14O. The second kappa shape index (κ2) is 5.12. The van der Waals surface area contributed by atoms with Crippen molar-refractivity contribution in [2.24, 2.45) is 0 Å². The van der Waals surface area contributed by atoms with Crippen molar-refractivity contribution in [1.82, 2.24) is 0 Å². The topological polar surface area (TPSA) is 17.1 Å². The molecule has 0 atom stereocenters. The average molecular weight is 282 g/mol. The van der Waals surface area contributed by atoms with Crippen molar-refractivity contribution < 1.29 is 4.79 Å². The van der Waals surface area contributed by atoms with Gasteiger partial charge in [-0.2, -0.15) is 0 Å². The first-order valence-electron chi connectivity index (χ1n) is 7.33. The first-order chi connectivity index (χ1) is 10.9. The van der Waals surface area contributed by atoms with Crippen molar-refractivity contribution in [2.75, 3.05) is 0 Å². The van der Waals surface area contributed by atoms with E-state index in [0.29, 0.717) is 0 Å². The van der Waals surface area contributed by atoms with Crippen LogP contribution in [0, 0.1) is 0 Å². The van der Waals surface area contributed by atoms with Crippen molar-refractivity contribution in [3.8, 4) is 11.1 Å². The molecule has 0 aromatic heterocycles. The van der Waals surface area contributed by atoms with Crippen molar-refractivity contribution in [1.29, 1.82) is 0 Å². The third-order valence-corrected chi connectivity index (χ3v) is 4.13. The number of aldehydes is 1. The normalized spacial score (nSPS) is 10.9. The molecule has 1 heteroatoms. The standard InChI is InChI=1S/C21H14O/c22-14-21-19-9-5-4-8-17(19)12-18-11-10-16(13-20(18)21)15-6-2-1-3-7-15/h1-14H. The summed E-state index contributed by atoms with van der Waals surface area (Å²) in [6.07, 6.45) is 0.972. The third-order valence-electron chi connectivity index (χ3n) is 4.13. The van der Waals surface area contributed by atoms with Crippen LogP contribution in [0.25, 0.3) is 32.7 Å². The van der Waals surface area contributed by atoms with E-state index in [2.05, 4.69) is 36.4 Å². The van der Waals surface area contributed by atoms with Gasteiger partial charge in [-0.1, -0.05) is 66.7 Å². The summed E-state index contributed by atoms with van der Waals surface area (Å²) in [5, 5.41) is 4.22. The van der Waals surface area contributed by atoms with E-state index in [9.17, 15) is 4.79 Å². The fourth-order valence-electron chi connectivity index (χ4n) is 3.03. The number of fused-ring (bicyclic) bond motifs is 2. The molecule has 0 heterocycles. The Hall–Kier alpha value is -2.93. The molecule has 0 bridgehead atoms. The van der Waals surface area contributed by atoms with Gasteiger partial charge in [0.1, 0.15) is 0 Å². The molecule has 4 aromatic carbocycles. The lowest BCUT2D eigenvalue weighted by atomic mass is 9.94. The zero-order valence-electron chi connectivity index (χ0n) is 12.0. The minimum atomic E-state index is 0.769. The highest BCUT2D eigenvalue weighted by Crippen LogP contribution is 2.31. The van der Waals surface area contributed by atoms with Gasteiger partial charge in [0.2, 0.25) is 0 Å². The Labute approximate surface area is 128 Å². The van der Waals surface area contributed by atoms with Crippen molar-refractivity contribution >= 4 is 27.8 Å². The Bertz CT molecular complexity index is 984. The average Bonchev–Trinajstić information content (AvgIpc) is 2.60. The molecule has 4 rings (SSSR count). The fourth-order valence-corrected chi connectivity index (χ4v) is 3.03.